The summed E-state index contributed by atoms with van der Waals surface area (Å²) >= 11 is 0. The first-order valence-electron chi connectivity index (χ1n) is 6.70. The minimum absolute atomic E-state index is 0.233. The van der Waals surface area contributed by atoms with E-state index in [9.17, 15) is 4.79 Å². The van der Waals surface area contributed by atoms with Crippen LogP contribution in [-0.4, -0.2) is 12.6 Å². The van der Waals surface area contributed by atoms with Gasteiger partial charge in [0.15, 0.2) is 0 Å². The lowest BCUT2D eigenvalue weighted by atomic mass is 10.1. The van der Waals surface area contributed by atoms with Crippen LogP contribution >= 0.6 is 0 Å². The lowest BCUT2D eigenvalue weighted by molar-refractivity contribution is -0.140. The molecular formula is C17H26O2. The highest BCUT2D eigenvalue weighted by Crippen LogP contribution is 2.12. The molecule has 0 spiro atoms. The van der Waals surface area contributed by atoms with Gasteiger partial charge in [-0.15, -0.1) is 0 Å². The van der Waals surface area contributed by atoms with Gasteiger partial charge in [0, 0.05) is 6.92 Å². The summed E-state index contributed by atoms with van der Waals surface area (Å²) < 4.78 is 5.07. The van der Waals surface area contributed by atoms with Gasteiger partial charge in [0.1, 0.15) is 6.61 Å². The third kappa shape index (κ3) is 11.3. The minimum Gasteiger partial charge on any atom is -0.461 e. The number of esters is 1. The molecule has 2 heteroatoms. The predicted octanol–water partition coefficient (Wildman–Crippen LogP) is 4.74. The molecule has 0 saturated heterocycles. The molecule has 0 heterocycles. The molecule has 0 bridgehead atoms. The molecule has 106 valence electrons. The number of ether oxygens (including phenoxy) is 1. The molecule has 0 rings (SSSR count). The topological polar surface area (TPSA) is 26.3 Å². The SMILES string of the molecule is C=CC(=C)CC/C=C(/CCC=C(C)C)COC(C)=O. The Kier molecular flexibility index (Phi) is 9.51. The summed E-state index contributed by atoms with van der Waals surface area (Å²) in [6, 6.07) is 0. The van der Waals surface area contributed by atoms with Crippen LogP contribution in [0.15, 0.2) is 48.1 Å². The van der Waals surface area contributed by atoms with Crippen LogP contribution in [0, 0.1) is 0 Å². The highest BCUT2D eigenvalue weighted by molar-refractivity contribution is 5.66. The van der Waals surface area contributed by atoms with Crippen LogP contribution in [0.5, 0.6) is 0 Å². The van der Waals surface area contributed by atoms with Crippen molar-refractivity contribution in [2.45, 2.75) is 46.5 Å². The highest BCUT2D eigenvalue weighted by Gasteiger charge is 2.00. The minimum atomic E-state index is -0.233. The van der Waals surface area contributed by atoms with E-state index in [0.29, 0.717) is 6.61 Å². The molecule has 0 unspecified atom stereocenters. The van der Waals surface area contributed by atoms with Gasteiger partial charge in [0.2, 0.25) is 0 Å². The average molecular weight is 262 g/mol. The molecule has 0 aliphatic rings. The monoisotopic (exact) mass is 262 g/mol. The van der Waals surface area contributed by atoms with E-state index in [-0.39, 0.29) is 5.97 Å². The Bertz CT molecular complexity index is 369. The smallest absolute Gasteiger partial charge is 0.302 e. The number of carbonyl (C=O) groups excluding carboxylic acids is 1. The molecule has 0 aliphatic heterocycles. The average Bonchev–Trinajstić information content (AvgIpc) is 2.34. The molecule has 0 N–H and O–H groups in total. The molecule has 2 nitrogen and oxygen atoms in total. The zero-order valence-electron chi connectivity index (χ0n) is 12.5. The predicted molar refractivity (Wildman–Crippen MR) is 82.0 cm³/mol. The summed E-state index contributed by atoms with van der Waals surface area (Å²) in [4.78, 5) is 10.9. The number of hydrogen-bond donors (Lipinski definition) is 0. The number of allylic oxidation sites excluding steroid dienone is 5. The summed E-state index contributed by atoms with van der Waals surface area (Å²) in [5, 5.41) is 0. The van der Waals surface area contributed by atoms with Crippen molar-refractivity contribution in [2.75, 3.05) is 6.61 Å². The Labute approximate surface area is 117 Å². The normalized spacial score (nSPS) is 10.8. The van der Waals surface area contributed by atoms with Gasteiger partial charge in [-0.3, -0.25) is 4.79 Å². The Hall–Kier alpha value is -1.57. The van der Waals surface area contributed by atoms with Crippen molar-refractivity contribution in [1.29, 1.82) is 0 Å². The fourth-order valence-corrected chi connectivity index (χ4v) is 1.54. The van der Waals surface area contributed by atoms with E-state index >= 15 is 0 Å². The first kappa shape index (κ1) is 17.4. The molecule has 0 amide bonds. The summed E-state index contributed by atoms with van der Waals surface area (Å²) in [5.74, 6) is -0.233. The maximum atomic E-state index is 10.9. The van der Waals surface area contributed by atoms with Crippen LogP contribution in [0.4, 0.5) is 0 Å². The van der Waals surface area contributed by atoms with Crippen molar-refractivity contribution in [3.63, 3.8) is 0 Å². The van der Waals surface area contributed by atoms with Gasteiger partial charge in [-0.25, -0.2) is 0 Å². The molecule has 0 aliphatic carbocycles. The Balaban J connectivity index is 4.33. The first-order valence-corrected chi connectivity index (χ1v) is 6.70. The zero-order chi connectivity index (χ0) is 14.7. The highest BCUT2D eigenvalue weighted by atomic mass is 16.5. The van der Waals surface area contributed by atoms with E-state index in [1.807, 2.05) is 0 Å². The molecule has 0 atom stereocenters. The van der Waals surface area contributed by atoms with Crippen molar-refractivity contribution >= 4 is 5.97 Å². The van der Waals surface area contributed by atoms with Gasteiger partial charge in [-0.05, 0) is 45.1 Å². The van der Waals surface area contributed by atoms with Crippen molar-refractivity contribution < 1.29 is 9.53 Å². The molecule has 0 radical (unpaired) electrons. The second-order valence-corrected chi connectivity index (χ2v) is 4.86. The third-order valence-corrected chi connectivity index (χ3v) is 2.67. The molecular weight excluding hydrogens is 236 g/mol. The van der Waals surface area contributed by atoms with Crippen LogP contribution in [0.1, 0.15) is 46.5 Å². The first-order chi connectivity index (χ1) is 8.95. The summed E-state index contributed by atoms with van der Waals surface area (Å²) in [7, 11) is 0. The van der Waals surface area contributed by atoms with Crippen molar-refractivity contribution in [2.24, 2.45) is 0 Å². The summed E-state index contributed by atoms with van der Waals surface area (Å²) in [6.45, 7) is 13.6. The second kappa shape index (κ2) is 10.4. The molecule has 0 saturated carbocycles. The number of rotatable bonds is 9. The lowest BCUT2D eigenvalue weighted by Crippen LogP contribution is -2.03. The van der Waals surface area contributed by atoms with Gasteiger partial charge in [-0.2, -0.15) is 0 Å². The zero-order valence-corrected chi connectivity index (χ0v) is 12.5. The fourth-order valence-electron chi connectivity index (χ4n) is 1.54. The van der Waals surface area contributed by atoms with Gasteiger partial charge >= 0.3 is 5.97 Å². The number of hydrogen-bond acceptors (Lipinski definition) is 2. The van der Waals surface area contributed by atoms with E-state index in [0.717, 1.165) is 31.3 Å². The standard InChI is InChI=1S/C17H26O2/c1-6-15(4)10-8-12-17(13-19-16(5)18)11-7-9-14(2)3/h6,9,12H,1,4,7-8,10-11,13H2,2-3,5H3/b17-12-. The Morgan fingerprint density at radius 2 is 1.74 bits per heavy atom. The van der Waals surface area contributed by atoms with Gasteiger partial charge in [0.25, 0.3) is 0 Å². The fraction of sp³-hybridized carbons (Fsp3) is 0.471. The van der Waals surface area contributed by atoms with Crippen LogP contribution in [0.2, 0.25) is 0 Å². The summed E-state index contributed by atoms with van der Waals surface area (Å²) in [5.41, 5.74) is 3.52. The third-order valence-electron chi connectivity index (χ3n) is 2.67. The molecule has 0 aromatic carbocycles. The Morgan fingerprint density at radius 1 is 1.11 bits per heavy atom. The molecule has 0 fully saturated rings. The molecule has 0 aromatic rings. The van der Waals surface area contributed by atoms with Crippen molar-refractivity contribution in [1.82, 2.24) is 0 Å². The molecule has 0 aromatic heterocycles. The largest absolute Gasteiger partial charge is 0.461 e. The number of carbonyl (C=O) groups is 1. The van der Waals surface area contributed by atoms with Crippen LogP contribution < -0.4 is 0 Å². The van der Waals surface area contributed by atoms with E-state index in [4.69, 9.17) is 4.74 Å². The van der Waals surface area contributed by atoms with Crippen LogP contribution in [-0.2, 0) is 9.53 Å². The lowest BCUT2D eigenvalue weighted by Gasteiger charge is -2.07. The maximum absolute atomic E-state index is 10.9. The second-order valence-electron chi connectivity index (χ2n) is 4.86. The van der Waals surface area contributed by atoms with Gasteiger partial charge in [0.05, 0.1) is 0 Å². The van der Waals surface area contributed by atoms with Gasteiger partial charge < -0.3 is 4.74 Å². The van der Waals surface area contributed by atoms with Gasteiger partial charge in [-0.1, -0.05) is 42.5 Å². The van der Waals surface area contributed by atoms with Crippen molar-refractivity contribution in [3.05, 3.63) is 48.1 Å². The quantitative estimate of drug-likeness (QED) is 0.340. The summed E-state index contributed by atoms with van der Waals surface area (Å²) in [6.07, 6.45) is 9.85. The van der Waals surface area contributed by atoms with E-state index in [2.05, 4.69) is 39.2 Å². The van der Waals surface area contributed by atoms with E-state index < -0.39 is 0 Å². The van der Waals surface area contributed by atoms with Crippen LogP contribution in [0.3, 0.4) is 0 Å². The van der Waals surface area contributed by atoms with E-state index in [1.54, 1.807) is 6.08 Å². The van der Waals surface area contributed by atoms with Crippen LogP contribution in [0.25, 0.3) is 0 Å². The Morgan fingerprint density at radius 3 is 2.26 bits per heavy atom. The van der Waals surface area contributed by atoms with E-state index in [1.165, 1.54) is 18.1 Å². The van der Waals surface area contributed by atoms with Crippen molar-refractivity contribution in [3.8, 4) is 0 Å². The maximum Gasteiger partial charge on any atom is 0.302 e. The molecule has 19 heavy (non-hydrogen) atoms.